The molecule has 3 rings (SSSR count). The van der Waals surface area contributed by atoms with E-state index in [0.29, 0.717) is 40.7 Å². The first kappa shape index (κ1) is 30.2. The van der Waals surface area contributed by atoms with Gasteiger partial charge in [0.1, 0.15) is 0 Å². The van der Waals surface area contributed by atoms with E-state index in [1.165, 1.54) is 11.0 Å². The predicted octanol–water partition coefficient (Wildman–Crippen LogP) is 8.99. The molecule has 0 unspecified atom stereocenters. The first-order valence-corrected chi connectivity index (χ1v) is 15.9. The summed E-state index contributed by atoms with van der Waals surface area (Å²) in [6.07, 6.45) is 1.17. The van der Waals surface area contributed by atoms with E-state index in [2.05, 4.69) is 41.5 Å². The number of hydrogen-bond donors (Lipinski definition) is 1. The fourth-order valence-corrected chi connectivity index (χ4v) is 12.4. The Morgan fingerprint density at radius 2 is 1.58 bits per heavy atom. The molecule has 3 atom stereocenters. The second kappa shape index (κ2) is 11.4. The Kier molecular flexibility index (Phi) is 9.08. The molecule has 1 aromatic heterocycles. The van der Waals surface area contributed by atoms with Crippen molar-refractivity contribution in [1.29, 1.82) is 0 Å². The number of carbonyl (C=O) groups is 1. The zero-order chi connectivity index (χ0) is 28.6. The highest BCUT2D eigenvalue weighted by atomic mass is 28.4. The fraction of sp³-hybridized carbons (Fsp3) is 0.600. The highest BCUT2D eigenvalue weighted by Crippen LogP contribution is 2.52. The van der Waals surface area contributed by atoms with Crippen LogP contribution in [0, 0.1) is 11.6 Å². The van der Waals surface area contributed by atoms with Gasteiger partial charge >= 0.3 is 6.09 Å². The van der Waals surface area contributed by atoms with Crippen LogP contribution in [0.2, 0.25) is 16.6 Å². The van der Waals surface area contributed by atoms with E-state index in [1.807, 2.05) is 26.8 Å². The van der Waals surface area contributed by atoms with Gasteiger partial charge in [0.25, 0.3) is 0 Å². The lowest BCUT2D eigenvalue weighted by molar-refractivity contribution is 0.0584. The molecule has 5 nitrogen and oxygen atoms in total. The van der Waals surface area contributed by atoms with E-state index >= 15 is 4.39 Å². The van der Waals surface area contributed by atoms with Crippen molar-refractivity contribution in [3.8, 4) is 0 Å². The van der Waals surface area contributed by atoms with Crippen LogP contribution in [0.3, 0.4) is 0 Å². The number of hydrogen-bond acceptors (Lipinski definition) is 3. The van der Waals surface area contributed by atoms with Gasteiger partial charge in [-0.1, -0.05) is 59.7 Å². The largest absolute Gasteiger partial charge is 0.465 e. The lowest BCUT2D eigenvalue weighted by Crippen LogP contribution is -2.49. The number of amides is 1. The molecule has 1 aliphatic rings. The Bertz CT molecular complexity index is 1110. The van der Waals surface area contributed by atoms with Gasteiger partial charge in [0, 0.05) is 17.7 Å². The molecular weight excluding hydrogens is 502 g/mol. The van der Waals surface area contributed by atoms with Crippen molar-refractivity contribution >= 4 is 14.4 Å². The third-order valence-electron chi connectivity index (χ3n) is 8.26. The fourth-order valence-electron chi connectivity index (χ4n) is 6.84. The highest BCUT2D eigenvalue weighted by molar-refractivity contribution is 6.77. The van der Waals surface area contributed by atoms with Gasteiger partial charge in [0.05, 0.1) is 17.8 Å². The number of nitrogens with zero attached hydrogens (tertiary/aromatic N) is 2. The molecule has 0 fully saturated rings. The zero-order valence-electron chi connectivity index (χ0n) is 24.3. The van der Waals surface area contributed by atoms with Crippen LogP contribution in [0.25, 0.3) is 0 Å². The number of fused-ring (bicyclic) bond motifs is 1. The maximum atomic E-state index is 15.3. The minimum atomic E-state index is -2.34. The Hall–Kier alpha value is -2.32. The van der Waals surface area contributed by atoms with Crippen LogP contribution in [0.15, 0.2) is 36.5 Å². The van der Waals surface area contributed by atoms with Crippen LogP contribution < -0.4 is 0 Å². The Balaban J connectivity index is 2.30. The maximum absolute atomic E-state index is 15.3. The van der Waals surface area contributed by atoms with Crippen LogP contribution in [0.5, 0.6) is 0 Å². The molecule has 0 radical (unpaired) electrons. The molecule has 38 heavy (non-hydrogen) atoms. The predicted molar refractivity (Wildman–Crippen MR) is 150 cm³/mol. The molecular formula is C30H44F2N2O3Si. The second-order valence-electron chi connectivity index (χ2n) is 12.5. The SMILES string of the molecule is CC(C)[Si](O[C@@H]1CC[C@H](c2cccc(F)c2F)[C@H](N(C(=O)O)C(C)(C)C)c2cccnc21)(C(C)C)C(C)C. The highest BCUT2D eigenvalue weighted by Gasteiger charge is 2.49. The maximum Gasteiger partial charge on any atom is 0.408 e. The van der Waals surface area contributed by atoms with E-state index in [4.69, 9.17) is 9.41 Å². The topological polar surface area (TPSA) is 62.7 Å². The van der Waals surface area contributed by atoms with Gasteiger partial charge in [-0.3, -0.25) is 9.88 Å². The molecule has 2 aromatic rings. The smallest absolute Gasteiger partial charge is 0.408 e. The minimum absolute atomic E-state index is 0.182. The summed E-state index contributed by atoms with van der Waals surface area (Å²) < 4.78 is 37.0. The molecule has 0 saturated heterocycles. The Morgan fingerprint density at radius 3 is 2.11 bits per heavy atom. The van der Waals surface area contributed by atoms with Gasteiger partial charge in [-0.05, 0) is 73.5 Å². The average Bonchev–Trinajstić information content (AvgIpc) is 2.95. The molecule has 1 aliphatic carbocycles. The lowest BCUT2D eigenvalue weighted by atomic mass is 9.82. The quantitative estimate of drug-likeness (QED) is 0.278. The molecule has 210 valence electrons. The zero-order valence-corrected chi connectivity index (χ0v) is 25.3. The van der Waals surface area contributed by atoms with E-state index in [9.17, 15) is 14.3 Å². The summed E-state index contributed by atoms with van der Waals surface area (Å²) in [4.78, 5) is 18.9. The Labute approximate surface area is 227 Å². The normalized spacial score (nSPS) is 20.5. The van der Waals surface area contributed by atoms with Crippen molar-refractivity contribution in [2.24, 2.45) is 0 Å². The summed E-state index contributed by atoms with van der Waals surface area (Å²) in [5, 5.41) is 10.5. The third kappa shape index (κ3) is 5.52. The molecule has 0 bridgehead atoms. The van der Waals surface area contributed by atoms with Crippen molar-refractivity contribution in [1.82, 2.24) is 9.88 Å². The van der Waals surface area contributed by atoms with Crippen LogP contribution >= 0.6 is 0 Å². The summed E-state index contributed by atoms with van der Waals surface area (Å²) in [7, 11) is -2.34. The Morgan fingerprint density at radius 1 is 1.00 bits per heavy atom. The summed E-state index contributed by atoms with van der Waals surface area (Å²) in [6.45, 7) is 18.8. The molecule has 1 aromatic carbocycles. The first-order chi connectivity index (χ1) is 17.6. The van der Waals surface area contributed by atoms with Gasteiger partial charge in [0.15, 0.2) is 11.6 Å². The average molecular weight is 547 g/mol. The number of benzene rings is 1. The van der Waals surface area contributed by atoms with Crippen molar-refractivity contribution in [2.45, 2.75) is 115 Å². The second-order valence-corrected chi connectivity index (χ2v) is 17.9. The molecule has 0 aliphatic heterocycles. The number of halogens is 2. The van der Waals surface area contributed by atoms with Crippen molar-refractivity contribution in [3.63, 3.8) is 0 Å². The minimum Gasteiger partial charge on any atom is -0.465 e. The van der Waals surface area contributed by atoms with Gasteiger partial charge in [0.2, 0.25) is 8.32 Å². The summed E-state index contributed by atoms with van der Waals surface area (Å²) in [5.41, 5.74) is 1.80. The van der Waals surface area contributed by atoms with Crippen molar-refractivity contribution in [3.05, 3.63) is 65.0 Å². The van der Waals surface area contributed by atoms with Crippen molar-refractivity contribution < 1.29 is 23.1 Å². The van der Waals surface area contributed by atoms with Gasteiger partial charge in [-0.25, -0.2) is 13.6 Å². The van der Waals surface area contributed by atoms with Crippen LogP contribution in [0.4, 0.5) is 13.6 Å². The molecule has 1 heterocycles. The third-order valence-corrected chi connectivity index (χ3v) is 14.4. The van der Waals surface area contributed by atoms with E-state index < -0.39 is 43.5 Å². The van der Waals surface area contributed by atoms with Crippen LogP contribution in [-0.2, 0) is 4.43 Å². The van der Waals surface area contributed by atoms with Crippen LogP contribution in [0.1, 0.15) is 110 Å². The van der Waals surface area contributed by atoms with E-state index in [-0.39, 0.29) is 11.7 Å². The molecule has 1 N–H and O–H groups in total. The summed E-state index contributed by atoms with van der Waals surface area (Å²) >= 11 is 0. The first-order valence-electron chi connectivity index (χ1n) is 13.7. The monoisotopic (exact) mass is 546 g/mol. The standard InChI is InChI=1S/C30H44F2N2O3Si/c1-18(2)38(19(3)4,20(5)6)37-25-16-15-22(21-12-10-14-24(31)26(21)32)28(23-13-11-17-33-27(23)25)34(29(35)36)30(7,8)9/h10-14,17-20,22,25,28H,15-16H2,1-9H3,(H,35,36)/t22-,25-,28+/m1/s1. The number of pyridine rings is 1. The number of aromatic nitrogens is 1. The van der Waals surface area contributed by atoms with Gasteiger partial charge in [-0.2, -0.15) is 0 Å². The summed E-state index contributed by atoms with van der Waals surface area (Å²) in [6, 6.07) is 7.06. The van der Waals surface area contributed by atoms with Gasteiger partial charge < -0.3 is 9.53 Å². The van der Waals surface area contributed by atoms with E-state index in [0.717, 1.165) is 6.07 Å². The lowest BCUT2D eigenvalue weighted by Gasteiger charge is -2.45. The molecule has 1 amide bonds. The number of rotatable bonds is 7. The molecule has 0 spiro atoms. The van der Waals surface area contributed by atoms with Gasteiger partial charge in [-0.15, -0.1) is 0 Å². The molecule has 8 heteroatoms. The molecule has 0 saturated carbocycles. The summed E-state index contributed by atoms with van der Waals surface area (Å²) in [5.74, 6) is -2.49. The van der Waals surface area contributed by atoms with Crippen LogP contribution in [-0.4, -0.2) is 34.9 Å². The van der Waals surface area contributed by atoms with Crippen molar-refractivity contribution in [2.75, 3.05) is 0 Å². The number of carboxylic acid groups (broad SMARTS) is 1. The van der Waals surface area contributed by atoms with E-state index in [1.54, 1.807) is 18.3 Å².